The molecule has 1 aromatic heterocycles. The van der Waals surface area contributed by atoms with E-state index in [0.717, 1.165) is 10.9 Å². The Morgan fingerprint density at radius 1 is 1.10 bits per heavy atom. The highest BCUT2D eigenvalue weighted by Gasteiger charge is 2.11. The smallest absolute Gasteiger partial charge is 0.156 e. The van der Waals surface area contributed by atoms with Gasteiger partial charge in [-0.2, -0.15) is 0 Å². The number of fused-ring (bicyclic) bond motifs is 1. The molecule has 3 aromatic rings. The summed E-state index contributed by atoms with van der Waals surface area (Å²) in [4.78, 5) is 12.2. The molecule has 0 saturated carbocycles. The summed E-state index contributed by atoms with van der Waals surface area (Å²) in [7, 11) is 0. The lowest BCUT2D eigenvalue weighted by Crippen LogP contribution is -2.12. The summed E-state index contributed by atoms with van der Waals surface area (Å²) in [6.07, 6.45) is 1.82. The number of Topliss-reactive ketones (excluding diaryl/α,β-unsaturated/α-hetero) is 1. The fourth-order valence-corrected chi connectivity index (χ4v) is 2.71. The van der Waals surface area contributed by atoms with E-state index >= 15 is 0 Å². The lowest BCUT2D eigenvalue weighted by atomic mass is 10.1. The average molecular weight is 302 g/mol. The van der Waals surface area contributed by atoms with Crippen LogP contribution >= 0.6 is 11.6 Å². The second-order valence-corrected chi connectivity index (χ2v) is 5.34. The Morgan fingerprint density at radius 2 is 1.81 bits per heavy atom. The molecule has 0 aliphatic carbocycles. The maximum absolute atomic E-state index is 13.6. The number of benzene rings is 2. The van der Waals surface area contributed by atoms with E-state index < -0.39 is 0 Å². The van der Waals surface area contributed by atoms with Gasteiger partial charge in [0, 0.05) is 23.5 Å². The molecule has 0 bridgehead atoms. The first-order valence-electron chi connectivity index (χ1n) is 6.63. The van der Waals surface area contributed by atoms with Gasteiger partial charge in [0.05, 0.1) is 11.6 Å². The molecule has 0 aliphatic rings. The number of carbonyl (C=O) groups excluding carboxylic acids is 1. The summed E-state index contributed by atoms with van der Waals surface area (Å²) < 4.78 is 15.4. The molecule has 4 heteroatoms. The van der Waals surface area contributed by atoms with E-state index in [1.54, 1.807) is 29.0 Å². The van der Waals surface area contributed by atoms with Crippen molar-refractivity contribution < 1.29 is 9.18 Å². The summed E-state index contributed by atoms with van der Waals surface area (Å²) in [6.45, 7) is 0.182. The summed E-state index contributed by atoms with van der Waals surface area (Å²) in [5, 5.41) is 1.53. The highest BCUT2D eigenvalue weighted by atomic mass is 35.5. The van der Waals surface area contributed by atoms with Crippen LogP contribution in [0.5, 0.6) is 0 Å². The van der Waals surface area contributed by atoms with Crippen LogP contribution in [0.3, 0.4) is 0 Å². The third kappa shape index (κ3) is 2.83. The molecule has 0 N–H and O–H groups in total. The highest BCUT2D eigenvalue weighted by Crippen LogP contribution is 2.25. The topological polar surface area (TPSA) is 22.0 Å². The van der Waals surface area contributed by atoms with Crippen molar-refractivity contribution in [3.63, 3.8) is 0 Å². The maximum atomic E-state index is 13.6. The minimum atomic E-state index is -0.346. The number of hydrogen-bond acceptors (Lipinski definition) is 1. The van der Waals surface area contributed by atoms with Gasteiger partial charge < -0.3 is 4.57 Å². The summed E-state index contributed by atoms with van der Waals surface area (Å²) >= 11 is 6.15. The van der Waals surface area contributed by atoms with Crippen molar-refractivity contribution in [2.45, 2.75) is 13.0 Å². The zero-order valence-electron chi connectivity index (χ0n) is 11.2. The summed E-state index contributed by atoms with van der Waals surface area (Å²) in [5.41, 5.74) is 1.33. The minimum Gasteiger partial charge on any atom is -0.338 e. The Balaban J connectivity index is 1.82. The van der Waals surface area contributed by atoms with Gasteiger partial charge in [0.25, 0.3) is 0 Å². The van der Waals surface area contributed by atoms with Crippen LogP contribution in [-0.2, 0) is 17.8 Å². The number of hydrogen-bond donors (Lipinski definition) is 0. The number of rotatable bonds is 4. The molecule has 0 saturated heterocycles. The van der Waals surface area contributed by atoms with E-state index in [1.165, 1.54) is 6.07 Å². The van der Waals surface area contributed by atoms with E-state index in [-0.39, 0.29) is 24.6 Å². The van der Waals surface area contributed by atoms with E-state index in [0.29, 0.717) is 10.6 Å². The molecule has 0 spiro atoms. The average Bonchev–Trinajstić information content (AvgIpc) is 2.79. The van der Waals surface area contributed by atoms with E-state index in [4.69, 9.17) is 11.6 Å². The molecule has 0 unspecified atom stereocenters. The molecule has 106 valence electrons. The number of carbonyl (C=O) groups is 1. The third-order valence-corrected chi connectivity index (χ3v) is 3.73. The van der Waals surface area contributed by atoms with Crippen LogP contribution in [0.1, 0.15) is 5.56 Å². The zero-order valence-corrected chi connectivity index (χ0v) is 12.0. The Morgan fingerprint density at radius 3 is 2.62 bits per heavy atom. The van der Waals surface area contributed by atoms with E-state index in [2.05, 4.69) is 0 Å². The van der Waals surface area contributed by atoms with Gasteiger partial charge in [-0.05, 0) is 17.7 Å². The van der Waals surface area contributed by atoms with E-state index in [9.17, 15) is 9.18 Å². The molecule has 21 heavy (non-hydrogen) atoms. The van der Waals surface area contributed by atoms with Crippen molar-refractivity contribution in [2.24, 2.45) is 0 Å². The number of aromatic nitrogens is 1. The first-order valence-corrected chi connectivity index (χ1v) is 7.01. The first-order chi connectivity index (χ1) is 10.1. The van der Waals surface area contributed by atoms with Crippen molar-refractivity contribution in [3.05, 3.63) is 71.1 Å². The van der Waals surface area contributed by atoms with Crippen LogP contribution in [0.15, 0.2) is 54.7 Å². The van der Waals surface area contributed by atoms with Gasteiger partial charge in [-0.1, -0.05) is 48.0 Å². The largest absolute Gasteiger partial charge is 0.338 e. The molecular formula is C17H13ClFNO. The fourth-order valence-electron chi connectivity index (χ4n) is 2.43. The lowest BCUT2D eigenvalue weighted by molar-refractivity contribution is -0.118. The molecule has 1 heterocycles. The monoisotopic (exact) mass is 301 g/mol. The van der Waals surface area contributed by atoms with Crippen LogP contribution in [0.25, 0.3) is 10.9 Å². The molecule has 0 amide bonds. The molecule has 0 radical (unpaired) electrons. The van der Waals surface area contributed by atoms with Gasteiger partial charge in [-0.15, -0.1) is 0 Å². The highest BCUT2D eigenvalue weighted by molar-refractivity contribution is 6.35. The predicted molar refractivity (Wildman–Crippen MR) is 82.1 cm³/mol. The molecule has 2 nitrogen and oxygen atoms in total. The predicted octanol–water partition coefficient (Wildman–Crippen LogP) is 4.25. The van der Waals surface area contributed by atoms with E-state index in [1.807, 2.05) is 24.3 Å². The van der Waals surface area contributed by atoms with Crippen molar-refractivity contribution in [1.82, 2.24) is 4.57 Å². The van der Waals surface area contributed by atoms with Crippen LogP contribution in [0, 0.1) is 5.82 Å². The van der Waals surface area contributed by atoms with Crippen LogP contribution in [0.4, 0.5) is 4.39 Å². The molecule has 2 aromatic carbocycles. The summed E-state index contributed by atoms with van der Waals surface area (Å²) in [6, 6.07) is 14.0. The van der Waals surface area contributed by atoms with Crippen LogP contribution < -0.4 is 0 Å². The van der Waals surface area contributed by atoms with Gasteiger partial charge in [0.15, 0.2) is 5.78 Å². The number of halogens is 2. The van der Waals surface area contributed by atoms with Crippen molar-refractivity contribution in [2.75, 3.05) is 0 Å². The third-order valence-electron chi connectivity index (χ3n) is 3.43. The SMILES string of the molecule is O=C(Cc1ccccc1F)Cn1cc(Cl)c2ccccc21. The van der Waals surface area contributed by atoms with Gasteiger partial charge in [0.1, 0.15) is 5.82 Å². The van der Waals surface area contributed by atoms with Crippen LogP contribution in [-0.4, -0.2) is 10.4 Å². The normalized spacial score (nSPS) is 11.0. The van der Waals surface area contributed by atoms with Gasteiger partial charge >= 0.3 is 0 Å². The molecular weight excluding hydrogens is 289 g/mol. The van der Waals surface area contributed by atoms with Gasteiger partial charge in [-0.25, -0.2) is 4.39 Å². The van der Waals surface area contributed by atoms with Crippen molar-refractivity contribution in [1.29, 1.82) is 0 Å². The fraction of sp³-hybridized carbons (Fsp3) is 0.118. The Bertz CT molecular complexity index is 809. The second-order valence-electron chi connectivity index (χ2n) is 4.93. The Labute approximate surface area is 126 Å². The van der Waals surface area contributed by atoms with Gasteiger partial charge in [-0.3, -0.25) is 4.79 Å². The number of ketones is 1. The first kappa shape index (κ1) is 13.8. The Kier molecular flexibility index (Phi) is 3.76. The summed E-state index contributed by atoms with van der Waals surface area (Å²) in [5.74, 6) is -0.404. The van der Waals surface area contributed by atoms with Crippen LogP contribution in [0.2, 0.25) is 5.02 Å². The molecule has 0 fully saturated rings. The number of para-hydroxylation sites is 1. The van der Waals surface area contributed by atoms with Gasteiger partial charge in [0.2, 0.25) is 0 Å². The zero-order chi connectivity index (χ0) is 14.8. The quantitative estimate of drug-likeness (QED) is 0.706. The second kappa shape index (κ2) is 5.70. The standard InChI is InChI=1S/C17H13ClFNO/c18-15-11-20(17-8-4-2-6-14(15)17)10-13(21)9-12-5-1-3-7-16(12)19/h1-8,11H,9-10H2. The minimum absolute atomic E-state index is 0.0579. The lowest BCUT2D eigenvalue weighted by Gasteiger charge is -2.05. The molecule has 3 rings (SSSR count). The Hall–Kier alpha value is -2.13. The molecule has 0 aliphatic heterocycles. The maximum Gasteiger partial charge on any atom is 0.156 e. The number of nitrogens with zero attached hydrogens (tertiary/aromatic N) is 1. The van der Waals surface area contributed by atoms with Crippen molar-refractivity contribution in [3.8, 4) is 0 Å². The van der Waals surface area contributed by atoms with Crippen molar-refractivity contribution >= 4 is 28.3 Å². The molecule has 0 atom stereocenters.